The molecule has 3 unspecified atom stereocenters. The summed E-state index contributed by atoms with van der Waals surface area (Å²) in [6.07, 6.45) is 6.73. The second-order valence-corrected chi connectivity index (χ2v) is 8.10. The molecule has 0 bridgehead atoms. The Balaban J connectivity index is 1.59. The molecule has 1 aromatic rings. The largest absolute Gasteiger partial charge is 0.446 e. The van der Waals surface area contributed by atoms with Crippen LogP contribution in [0.2, 0.25) is 0 Å². The molecule has 3 amide bonds. The van der Waals surface area contributed by atoms with Crippen LogP contribution in [0.25, 0.3) is 0 Å². The molecule has 1 saturated carbocycles. The molecule has 31 heavy (non-hydrogen) atoms. The predicted octanol–water partition coefficient (Wildman–Crippen LogP) is 2.04. The first kappa shape index (κ1) is 22.6. The molecule has 3 rings (SSSR count). The Morgan fingerprint density at radius 1 is 1.10 bits per heavy atom. The first-order valence-corrected chi connectivity index (χ1v) is 10.7. The number of nitrogens with one attached hydrogen (secondary N) is 2. The number of terminal acetylenes is 1. The van der Waals surface area contributed by atoms with Gasteiger partial charge in [0, 0.05) is 13.1 Å². The molecular weight excluding hydrogens is 398 g/mol. The molecule has 1 aliphatic carbocycles. The van der Waals surface area contributed by atoms with Crippen molar-refractivity contribution in [3.63, 3.8) is 0 Å². The van der Waals surface area contributed by atoms with E-state index in [0.29, 0.717) is 31.8 Å². The molecule has 8 heteroatoms. The van der Waals surface area contributed by atoms with Crippen molar-refractivity contribution in [1.82, 2.24) is 15.7 Å². The number of carbonyl (C=O) groups excluding carboxylic acids is 3. The number of amides is 3. The number of likely N-dealkylation sites (tertiary alicyclic amines) is 1. The molecule has 8 nitrogen and oxygen atoms in total. The molecular formula is C23H29N3O5. The highest BCUT2D eigenvalue weighted by Crippen LogP contribution is 2.35. The van der Waals surface area contributed by atoms with E-state index in [4.69, 9.17) is 11.2 Å². The average molecular weight is 428 g/mol. The zero-order chi connectivity index (χ0) is 22.2. The second-order valence-electron chi connectivity index (χ2n) is 8.10. The van der Waals surface area contributed by atoms with Gasteiger partial charge in [0.1, 0.15) is 6.10 Å². The lowest BCUT2D eigenvalue weighted by Crippen LogP contribution is -2.49. The van der Waals surface area contributed by atoms with E-state index in [2.05, 4.69) is 23.4 Å². The minimum atomic E-state index is -0.761. The number of benzene rings is 1. The van der Waals surface area contributed by atoms with Gasteiger partial charge < -0.3 is 15.0 Å². The van der Waals surface area contributed by atoms with Gasteiger partial charge in [-0.2, -0.15) is 0 Å². The van der Waals surface area contributed by atoms with E-state index >= 15 is 0 Å². The van der Waals surface area contributed by atoms with Gasteiger partial charge in [0.2, 0.25) is 11.8 Å². The number of nitrogens with zero attached hydrogens (tertiary/aromatic N) is 1. The van der Waals surface area contributed by atoms with Crippen LogP contribution in [0.15, 0.2) is 30.3 Å². The first-order valence-electron chi connectivity index (χ1n) is 10.7. The van der Waals surface area contributed by atoms with E-state index in [1.165, 1.54) is 5.56 Å². The summed E-state index contributed by atoms with van der Waals surface area (Å²) in [6, 6.07) is 10.3. The highest BCUT2D eigenvalue weighted by atomic mass is 16.6. The van der Waals surface area contributed by atoms with Crippen LogP contribution in [-0.2, 0) is 14.3 Å². The maximum absolute atomic E-state index is 13.2. The number of rotatable bonds is 5. The molecule has 0 aromatic heterocycles. The summed E-state index contributed by atoms with van der Waals surface area (Å²) in [5.41, 5.74) is 2.95. The lowest BCUT2D eigenvalue weighted by molar-refractivity contribution is -0.149. The molecule has 1 heterocycles. The van der Waals surface area contributed by atoms with Crippen molar-refractivity contribution in [3.05, 3.63) is 35.9 Å². The summed E-state index contributed by atoms with van der Waals surface area (Å²) < 4.78 is 5.32. The molecule has 1 saturated heterocycles. The molecule has 3 atom stereocenters. The second kappa shape index (κ2) is 10.8. The molecule has 0 radical (unpaired) electrons. The fourth-order valence-electron chi connectivity index (χ4n) is 4.62. The van der Waals surface area contributed by atoms with Crippen molar-refractivity contribution in [1.29, 1.82) is 0 Å². The van der Waals surface area contributed by atoms with Crippen molar-refractivity contribution in [3.8, 4) is 12.3 Å². The average Bonchev–Trinajstić information content (AvgIpc) is 2.82. The van der Waals surface area contributed by atoms with Gasteiger partial charge in [-0.05, 0) is 43.6 Å². The fraction of sp³-hybridized carbons (Fsp3) is 0.522. The third-order valence-electron chi connectivity index (χ3n) is 6.25. The predicted molar refractivity (Wildman–Crippen MR) is 113 cm³/mol. The molecule has 1 aromatic carbocycles. The van der Waals surface area contributed by atoms with E-state index in [9.17, 15) is 19.6 Å². The van der Waals surface area contributed by atoms with E-state index in [-0.39, 0.29) is 18.9 Å². The topological polar surface area (TPSA) is 108 Å². The van der Waals surface area contributed by atoms with Crippen molar-refractivity contribution in [2.24, 2.45) is 11.8 Å². The summed E-state index contributed by atoms with van der Waals surface area (Å²) in [5, 5.41) is 11.6. The van der Waals surface area contributed by atoms with Crippen LogP contribution in [0.1, 0.15) is 43.6 Å². The van der Waals surface area contributed by atoms with Gasteiger partial charge >= 0.3 is 6.09 Å². The SMILES string of the molecule is C#CCNC(=O)OC1CCC(C(=O)N2CCC(c3ccccc3)CC2)C(C(=O)NO)C1. The Bertz CT molecular complexity index is 814. The first-order chi connectivity index (χ1) is 15.0. The Morgan fingerprint density at radius 3 is 2.45 bits per heavy atom. The molecule has 1 aliphatic heterocycles. The van der Waals surface area contributed by atoms with Gasteiger partial charge in [-0.1, -0.05) is 36.3 Å². The Hall–Kier alpha value is -3.05. The fourth-order valence-corrected chi connectivity index (χ4v) is 4.62. The molecule has 2 fully saturated rings. The summed E-state index contributed by atoms with van der Waals surface area (Å²) in [6.45, 7) is 1.32. The van der Waals surface area contributed by atoms with Crippen LogP contribution in [0.4, 0.5) is 4.79 Å². The monoisotopic (exact) mass is 427 g/mol. The summed E-state index contributed by atoms with van der Waals surface area (Å²) >= 11 is 0. The van der Waals surface area contributed by atoms with E-state index < -0.39 is 29.9 Å². The lowest BCUT2D eigenvalue weighted by Gasteiger charge is -2.39. The van der Waals surface area contributed by atoms with E-state index in [1.807, 2.05) is 23.1 Å². The zero-order valence-corrected chi connectivity index (χ0v) is 17.5. The van der Waals surface area contributed by atoms with Crippen LogP contribution in [-0.4, -0.2) is 53.8 Å². The zero-order valence-electron chi connectivity index (χ0n) is 17.5. The third kappa shape index (κ3) is 5.76. The molecule has 0 spiro atoms. The Kier molecular flexibility index (Phi) is 7.90. The van der Waals surface area contributed by atoms with Crippen LogP contribution < -0.4 is 10.8 Å². The third-order valence-corrected chi connectivity index (χ3v) is 6.25. The minimum absolute atomic E-state index is 0.0478. The van der Waals surface area contributed by atoms with E-state index in [0.717, 1.165) is 12.8 Å². The number of carbonyl (C=O) groups is 3. The minimum Gasteiger partial charge on any atom is -0.446 e. The number of hydrogen-bond donors (Lipinski definition) is 3. The Morgan fingerprint density at radius 2 is 1.81 bits per heavy atom. The van der Waals surface area contributed by atoms with Gasteiger partial charge in [0.15, 0.2) is 0 Å². The number of hydrogen-bond acceptors (Lipinski definition) is 5. The number of piperidine rings is 1. The van der Waals surface area contributed by atoms with Crippen molar-refractivity contribution in [2.45, 2.75) is 44.1 Å². The lowest BCUT2D eigenvalue weighted by atomic mass is 9.76. The smallest absolute Gasteiger partial charge is 0.408 e. The van der Waals surface area contributed by atoms with Crippen molar-refractivity contribution < 1.29 is 24.3 Å². The van der Waals surface area contributed by atoms with Crippen LogP contribution >= 0.6 is 0 Å². The van der Waals surface area contributed by atoms with Crippen molar-refractivity contribution in [2.75, 3.05) is 19.6 Å². The van der Waals surface area contributed by atoms with Gasteiger partial charge in [-0.3, -0.25) is 14.8 Å². The molecule has 3 N–H and O–H groups in total. The maximum atomic E-state index is 13.2. The van der Waals surface area contributed by atoms with Gasteiger partial charge in [0.05, 0.1) is 18.4 Å². The van der Waals surface area contributed by atoms with Gasteiger partial charge in [-0.15, -0.1) is 6.42 Å². The Labute approximate surface area is 182 Å². The van der Waals surface area contributed by atoms with E-state index in [1.54, 1.807) is 5.48 Å². The maximum Gasteiger partial charge on any atom is 0.408 e. The highest BCUT2D eigenvalue weighted by Gasteiger charge is 2.42. The normalized spacial score (nSPS) is 24.0. The standard InChI is InChI=1S/C23H29N3O5/c1-2-12-24-23(29)31-18-8-9-19(20(15-18)21(27)25-30)22(28)26-13-10-17(11-14-26)16-6-4-3-5-7-16/h1,3-7,17-20,30H,8-15H2,(H,24,29)(H,25,27). The van der Waals surface area contributed by atoms with Crippen LogP contribution in [0.5, 0.6) is 0 Å². The number of alkyl carbamates (subject to hydrolysis) is 1. The number of ether oxygens (including phenoxy) is 1. The van der Waals surface area contributed by atoms with Crippen LogP contribution in [0, 0.1) is 24.2 Å². The molecule has 2 aliphatic rings. The highest BCUT2D eigenvalue weighted by molar-refractivity contribution is 5.87. The summed E-state index contributed by atoms with van der Waals surface area (Å²) in [5.74, 6) is 0.697. The number of hydroxylamine groups is 1. The molecule has 166 valence electrons. The van der Waals surface area contributed by atoms with Gasteiger partial charge in [0.25, 0.3) is 0 Å². The quantitative estimate of drug-likeness (QED) is 0.379. The van der Waals surface area contributed by atoms with Crippen LogP contribution in [0.3, 0.4) is 0 Å². The van der Waals surface area contributed by atoms with Gasteiger partial charge in [-0.25, -0.2) is 10.3 Å². The summed E-state index contributed by atoms with van der Waals surface area (Å²) in [4.78, 5) is 39.1. The summed E-state index contributed by atoms with van der Waals surface area (Å²) in [7, 11) is 0. The van der Waals surface area contributed by atoms with Crippen molar-refractivity contribution >= 4 is 17.9 Å².